The van der Waals surface area contributed by atoms with Crippen LogP contribution in [0.1, 0.15) is 15.9 Å². The minimum atomic E-state index is -3.84. The highest BCUT2D eigenvalue weighted by molar-refractivity contribution is 7.89. The Balaban J connectivity index is 2.30. The molecule has 0 heterocycles. The van der Waals surface area contributed by atoms with Crippen LogP contribution < -0.4 is 10.5 Å². The van der Waals surface area contributed by atoms with E-state index in [-0.39, 0.29) is 21.9 Å². The van der Waals surface area contributed by atoms with Crippen molar-refractivity contribution in [3.8, 4) is 5.75 Å². The van der Waals surface area contributed by atoms with E-state index in [1.54, 1.807) is 19.1 Å². The fourth-order valence-corrected chi connectivity index (χ4v) is 2.35. The maximum Gasteiger partial charge on any atom is 0.259 e. The van der Waals surface area contributed by atoms with Crippen LogP contribution in [0.5, 0.6) is 5.75 Å². The van der Waals surface area contributed by atoms with Gasteiger partial charge in [0.05, 0.1) is 10.5 Å². The molecule has 6 nitrogen and oxygen atoms in total. The average Bonchev–Trinajstić information content (AvgIpc) is 2.41. The Kier molecular flexibility index (Phi) is 3.97. The van der Waals surface area contributed by atoms with E-state index in [0.29, 0.717) is 5.56 Å². The van der Waals surface area contributed by atoms with Gasteiger partial charge in [-0.3, -0.25) is 4.79 Å². The van der Waals surface area contributed by atoms with Crippen LogP contribution >= 0.6 is 0 Å². The highest BCUT2D eigenvalue weighted by Gasteiger charge is 2.14. The van der Waals surface area contributed by atoms with Crippen molar-refractivity contribution in [3.05, 3.63) is 53.6 Å². The van der Waals surface area contributed by atoms with Crippen molar-refractivity contribution >= 4 is 21.6 Å². The van der Waals surface area contributed by atoms with Gasteiger partial charge in [-0.2, -0.15) is 0 Å². The zero-order chi connectivity index (χ0) is 15.6. The van der Waals surface area contributed by atoms with E-state index in [2.05, 4.69) is 5.32 Å². The summed E-state index contributed by atoms with van der Waals surface area (Å²) in [5.41, 5.74) is 0.948. The lowest BCUT2D eigenvalue weighted by atomic mass is 10.1. The number of aryl methyl sites for hydroxylation is 1. The summed E-state index contributed by atoms with van der Waals surface area (Å²) in [7, 11) is -3.84. The van der Waals surface area contributed by atoms with Crippen molar-refractivity contribution in [2.75, 3.05) is 5.32 Å². The Morgan fingerprint density at radius 1 is 1.19 bits per heavy atom. The summed E-state index contributed by atoms with van der Waals surface area (Å²) >= 11 is 0. The third-order valence-electron chi connectivity index (χ3n) is 2.90. The molecule has 0 spiro atoms. The van der Waals surface area contributed by atoms with Gasteiger partial charge < -0.3 is 10.4 Å². The number of phenolic OH excluding ortho intramolecular Hbond substituents is 1. The summed E-state index contributed by atoms with van der Waals surface area (Å²) in [6.07, 6.45) is 0. The lowest BCUT2D eigenvalue weighted by Crippen LogP contribution is -2.15. The van der Waals surface area contributed by atoms with Crippen LogP contribution in [0.4, 0.5) is 5.69 Å². The summed E-state index contributed by atoms with van der Waals surface area (Å²) in [5, 5.41) is 17.4. The molecule has 2 aromatic carbocycles. The molecule has 0 unspecified atom stereocenters. The van der Waals surface area contributed by atoms with Gasteiger partial charge in [-0.15, -0.1) is 0 Å². The number of sulfonamides is 1. The molecule has 0 bridgehead atoms. The number of hydrogen-bond donors (Lipinski definition) is 3. The molecule has 2 rings (SSSR count). The molecule has 110 valence electrons. The first-order chi connectivity index (χ1) is 9.79. The van der Waals surface area contributed by atoms with Gasteiger partial charge >= 0.3 is 0 Å². The normalized spacial score (nSPS) is 11.1. The molecule has 0 fully saturated rings. The molecule has 0 saturated carbocycles. The lowest BCUT2D eigenvalue weighted by molar-refractivity contribution is 0.102. The first-order valence-corrected chi connectivity index (χ1v) is 7.56. The van der Waals surface area contributed by atoms with Gasteiger partial charge in [0.15, 0.2) is 0 Å². The summed E-state index contributed by atoms with van der Waals surface area (Å²) in [6, 6.07) is 10.4. The van der Waals surface area contributed by atoms with Gasteiger partial charge in [0.1, 0.15) is 5.75 Å². The molecule has 0 aromatic heterocycles. The van der Waals surface area contributed by atoms with Crippen LogP contribution in [0, 0.1) is 6.92 Å². The van der Waals surface area contributed by atoms with E-state index >= 15 is 0 Å². The number of amides is 1. The van der Waals surface area contributed by atoms with Gasteiger partial charge in [-0.25, -0.2) is 13.6 Å². The van der Waals surface area contributed by atoms with Crippen LogP contribution in [0.3, 0.4) is 0 Å². The number of para-hydroxylation sites is 1. The largest absolute Gasteiger partial charge is 0.507 e. The van der Waals surface area contributed by atoms with Crippen molar-refractivity contribution in [3.63, 3.8) is 0 Å². The van der Waals surface area contributed by atoms with Crippen molar-refractivity contribution in [1.29, 1.82) is 0 Å². The zero-order valence-electron chi connectivity index (χ0n) is 11.2. The number of aromatic hydroxyl groups is 1. The number of phenols is 1. The molecule has 0 aliphatic carbocycles. The zero-order valence-corrected chi connectivity index (χ0v) is 12.0. The predicted molar refractivity (Wildman–Crippen MR) is 78.6 cm³/mol. The first kappa shape index (κ1) is 15.0. The van der Waals surface area contributed by atoms with Crippen LogP contribution in [0.2, 0.25) is 0 Å². The summed E-state index contributed by atoms with van der Waals surface area (Å²) in [5.74, 6) is -0.652. The highest BCUT2D eigenvalue weighted by atomic mass is 32.2. The molecule has 21 heavy (non-hydrogen) atoms. The number of anilines is 1. The van der Waals surface area contributed by atoms with E-state index in [9.17, 15) is 18.3 Å². The summed E-state index contributed by atoms with van der Waals surface area (Å²) < 4.78 is 22.5. The summed E-state index contributed by atoms with van der Waals surface area (Å²) in [4.78, 5) is 12.0. The monoisotopic (exact) mass is 306 g/mol. The average molecular weight is 306 g/mol. The number of benzene rings is 2. The molecule has 0 saturated heterocycles. The third-order valence-corrected chi connectivity index (χ3v) is 3.81. The SMILES string of the molecule is Cc1cccc(C(=O)Nc2cccc(S(N)(=O)=O)c2)c1O. The van der Waals surface area contributed by atoms with Gasteiger partial charge in [0.25, 0.3) is 5.91 Å². The number of hydrogen-bond acceptors (Lipinski definition) is 4. The molecule has 0 radical (unpaired) electrons. The van der Waals surface area contributed by atoms with Gasteiger partial charge in [0.2, 0.25) is 10.0 Å². The van der Waals surface area contributed by atoms with Crippen LogP contribution in [-0.4, -0.2) is 19.4 Å². The number of nitrogens with one attached hydrogen (secondary N) is 1. The first-order valence-electron chi connectivity index (χ1n) is 6.02. The minimum Gasteiger partial charge on any atom is -0.507 e. The topological polar surface area (TPSA) is 109 Å². The smallest absolute Gasteiger partial charge is 0.259 e. The molecule has 0 aliphatic heterocycles. The second-order valence-electron chi connectivity index (χ2n) is 4.50. The minimum absolute atomic E-state index is 0.103. The molecule has 1 amide bonds. The fourth-order valence-electron chi connectivity index (χ4n) is 1.79. The maximum absolute atomic E-state index is 12.1. The van der Waals surface area contributed by atoms with Gasteiger partial charge in [-0.1, -0.05) is 18.2 Å². The predicted octanol–water partition coefficient (Wildman–Crippen LogP) is 1.60. The van der Waals surface area contributed by atoms with Crippen molar-refractivity contribution in [2.24, 2.45) is 5.14 Å². The van der Waals surface area contributed by atoms with Crippen molar-refractivity contribution in [2.45, 2.75) is 11.8 Å². The lowest BCUT2D eigenvalue weighted by Gasteiger charge is -2.09. The molecule has 0 atom stereocenters. The Labute approximate surface area is 122 Å². The molecule has 0 aliphatic rings. The van der Waals surface area contributed by atoms with E-state index in [0.717, 1.165) is 0 Å². The highest BCUT2D eigenvalue weighted by Crippen LogP contribution is 2.23. The van der Waals surface area contributed by atoms with Gasteiger partial charge in [-0.05, 0) is 36.8 Å². The summed E-state index contributed by atoms with van der Waals surface area (Å²) in [6.45, 7) is 1.67. The number of carbonyl (C=O) groups is 1. The Bertz CT molecular complexity index is 800. The molecule has 4 N–H and O–H groups in total. The molecular formula is C14H14N2O4S. The standard InChI is InChI=1S/C14H14N2O4S/c1-9-4-2-7-12(13(9)17)14(18)16-10-5-3-6-11(8-10)21(15,19)20/h2-8,17H,1H3,(H,16,18)(H2,15,19,20). The quantitative estimate of drug-likeness (QED) is 0.800. The number of carbonyl (C=O) groups excluding carboxylic acids is 1. The van der Waals surface area contributed by atoms with Gasteiger partial charge in [0, 0.05) is 5.69 Å². The number of primary sulfonamides is 1. The van der Waals surface area contributed by atoms with E-state index < -0.39 is 15.9 Å². The number of rotatable bonds is 3. The van der Waals surface area contributed by atoms with Crippen LogP contribution in [0.25, 0.3) is 0 Å². The molecule has 2 aromatic rings. The Morgan fingerprint density at radius 2 is 1.86 bits per heavy atom. The maximum atomic E-state index is 12.1. The third kappa shape index (κ3) is 3.39. The Morgan fingerprint density at radius 3 is 2.52 bits per heavy atom. The van der Waals surface area contributed by atoms with Crippen molar-refractivity contribution in [1.82, 2.24) is 0 Å². The molecule has 7 heteroatoms. The van der Waals surface area contributed by atoms with E-state index in [1.165, 1.54) is 30.3 Å². The van der Waals surface area contributed by atoms with Crippen LogP contribution in [0.15, 0.2) is 47.4 Å². The fraction of sp³-hybridized carbons (Fsp3) is 0.0714. The van der Waals surface area contributed by atoms with E-state index in [1.807, 2.05) is 0 Å². The molecular weight excluding hydrogens is 292 g/mol. The Hall–Kier alpha value is -2.38. The second-order valence-corrected chi connectivity index (χ2v) is 6.06. The van der Waals surface area contributed by atoms with Crippen LogP contribution in [-0.2, 0) is 10.0 Å². The second kappa shape index (κ2) is 5.55. The van der Waals surface area contributed by atoms with Crippen molar-refractivity contribution < 1.29 is 18.3 Å². The number of nitrogens with two attached hydrogens (primary N) is 1. The van der Waals surface area contributed by atoms with E-state index in [4.69, 9.17) is 5.14 Å².